The Bertz CT molecular complexity index is 517. The number of halogens is 1. The predicted octanol–water partition coefficient (Wildman–Crippen LogP) is 3.20. The van der Waals surface area contributed by atoms with Gasteiger partial charge in [-0.1, -0.05) is 19.1 Å². The molecule has 0 fully saturated rings. The fourth-order valence-corrected chi connectivity index (χ4v) is 1.76. The van der Waals surface area contributed by atoms with E-state index in [9.17, 15) is 0 Å². The Morgan fingerprint density at radius 1 is 1.28 bits per heavy atom. The van der Waals surface area contributed by atoms with Crippen LogP contribution in [0, 0.1) is 0 Å². The molecule has 1 heterocycles. The van der Waals surface area contributed by atoms with Gasteiger partial charge in [-0.3, -0.25) is 0 Å². The zero-order valence-electron chi connectivity index (χ0n) is 10.0. The molecule has 0 aliphatic carbocycles. The number of rotatable bonds is 5. The van der Waals surface area contributed by atoms with Crippen molar-refractivity contribution in [3.8, 4) is 0 Å². The molecule has 2 rings (SSSR count). The summed E-state index contributed by atoms with van der Waals surface area (Å²) in [6.07, 6.45) is 2.61. The molecule has 0 saturated carbocycles. The van der Waals surface area contributed by atoms with E-state index in [4.69, 9.17) is 0 Å². The van der Waals surface area contributed by atoms with Crippen LogP contribution in [0.2, 0.25) is 0 Å². The largest absolute Gasteiger partial charge is 0.353 e. The topological polar surface area (TPSA) is 62.7 Å². The summed E-state index contributed by atoms with van der Waals surface area (Å²) in [5.41, 5.74) is 0.944. The first kappa shape index (κ1) is 12.8. The second-order valence-electron chi connectivity index (χ2n) is 3.70. The highest BCUT2D eigenvalue weighted by Crippen LogP contribution is 2.24. The van der Waals surface area contributed by atoms with Gasteiger partial charge in [0.15, 0.2) is 5.82 Å². The van der Waals surface area contributed by atoms with E-state index in [1.165, 1.54) is 0 Å². The maximum atomic E-state index is 4.33. The van der Waals surface area contributed by atoms with Crippen molar-refractivity contribution in [2.24, 2.45) is 0 Å². The summed E-state index contributed by atoms with van der Waals surface area (Å²) in [4.78, 5) is 4.33. The zero-order chi connectivity index (χ0) is 12.8. The minimum absolute atomic E-state index is 0.536. The number of anilines is 3. The van der Waals surface area contributed by atoms with Gasteiger partial charge in [0.2, 0.25) is 5.95 Å². The average molecular weight is 308 g/mol. The van der Waals surface area contributed by atoms with Crippen LogP contribution in [-0.4, -0.2) is 21.7 Å². The molecule has 0 amide bonds. The first-order valence-corrected chi connectivity index (χ1v) is 6.54. The number of aromatic nitrogens is 3. The molecule has 1 aromatic carbocycles. The Balaban J connectivity index is 2.12. The van der Waals surface area contributed by atoms with Crippen molar-refractivity contribution < 1.29 is 0 Å². The standard InChI is InChI=1S/C12H14BrN5/c1-2-7-14-12-17-11(8-15-18-12)16-10-6-4-3-5-9(10)13/h3-6,8H,2,7H2,1H3,(H2,14,16,17,18). The molecule has 2 aromatic rings. The summed E-state index contributed by atoms with van der Waals surface area (Å²) >= 11 is 3.47. The first-order valence-electron chi connectivity index (χ1n) is 5.74. The molecular weight excluding hydrogens is 294 g/mol. The Kier molecular flexibility index (Phi) is 4.46. The van der Waals surface area contributed by atoms with Crippen LogP contribution in [0.5, 0.6) is 0 Å². The molecule has 0 spiro atoms. The van der Waals surface area contributed by atoms with Crippen molar-refractivity contribution in [1.29, 1.82) is 0 Å². The molecule has 6 heteroatoms. The third-order valence-electron chi connectivity index (χ3n) is 2.23. The number of para-hydroxylation sites is 1. The molecule has 0 atom stereocenters. The lowest BCUT2D eigenvalue weighted by molar-refractivity contribution is 0.913. The third-order valence-corrected chi connectivity index (χ3v) is 2.92. The number of nitrogens with zero attached hydrogens (tertiary/aromatic N) is 3. The van der Waals surface area contributed by atoms with Gasteiger partial charge in [0.1, 0.15) is 0 Å². The van der Waals surface area contributed by atoms with E-state index >= 15 is 0 Å². The van der Waals surface area contributed by atoms with Crippen LogP contribution in [0.15, 0.2) is 34.9 Å². The van der Waals surface area contributed by atoms with Gasteiger partial charge in [0, 0.05) is 11.0 Å². The van der Waals surface area contributed by atoms with Gasteiger partial charge in [0.05, 0.1) is 11.9 Å². The van der Waals surface area contributed by atoms with E-state index in [-0.39, 0.29) is 0 Å². The van der Waals surface area contributed by atoms with Crippen molar-refractivity contribution in [1.82, 2.24) is 15.2 Å². The average Bonchev–Trinajstić information content (AvgIpc) is 2.40. The molecule has 2 N–H and O–H groups in total. The Morgan fingerprint density at radius 2 is 2.11 bits per heavy atom. The maximum absolute atomic E-state index is 4.33. The lowest BCUT2D eigenvalue weighted by Gasteiger charge is -2.08. The lowest BCUT2D eigenvalue weighted by atomic mass is 10.3. The number of hydrogen-bond donors (Lipinski definition) is 2. The van der Waals surface area contributed by atoms with E-state index < -0.39 is 0 Å². The van der Waals surface area contributed by atoms with Gasteiger partial charge in [0.25, 0.3) is 0 Å². The molecule has 0 aliphatic rings. The van der Waals surface area contributed by atoms with Crippen LogP contribution in [0.25, 0.3) is 0 Å². The highest BCUT2D eigenvalue weighted by molar-refractivity contribution is 9.10. The van der Waals surface area contributed by atoms with E-state index in [1.54, 1.807) is 6.20 Å². The fraction of sp³-hybridized carbons (Fsp3) is 0.250. The lowest BCUT2D eigenvalue weighted by Crippen LogP contribution is -2.06. The van der Waals surface area contributed by atoms with Crippen LogP contribution in [-0.2, 0) is 0 Å². The molecule has 0 saturated heterocycles. The molecule has 5 nitrogen and oxygen atoms in total. The quantitative estimate of drug-likeness (QED) is 0.888. The van der Waals surface area contributed by atoms with Crippen LogP contribution in [0.3, 0.4) is 0 Å². The SMILES string of the molecule is CCCNc1nncc(Nc2ccccc2Br)n1. The van der Waals surface area contributed by atoms with E-state index in [0.717, 1.165) is 23.1 Å². The van der Waals surface area contributed by atoms with Crippen molar-refractivity contribution in [2.75, 3.05) is 17.2 Å². The molecule has 1 aromatic heterocycles. The highest BCUT2D eigenvalue weighted by atomic mass is 79.9. The summed E-state index contributed by atoms with van der Waals surface area (Å²) < 4.78 is 0.978. The summed E-state index contributed by atoms with van der Waals surface area (Å²) in [6.45, 7) is 2.92. The summed E-state index contributed by atoms with van der Waals surface area (Å²) in [7, 11) is 0. The molecular formula is C12H14BrN5. The van der Waals surface area contributed by atoms with E-state index in [2.05, 4.69) is 48.7 Å². The van der Waals surface area contributed by atoms with E-state index in [0.29, 0.717) is 11.8 Å². The molecule has 0 aliphatic heterocycles. The fourth-order valence-electron chi connectivity index (χ4n) is 1.38. The number of hydrogen-bond acceptors (Lipinski definition) is 5. The van der Waals surface area contributed by atoms with Crippen LogP contribution < -0.4 is 10.6 Å². The van der Waals surface area contributed by atoms with Crippen LogP contribution >= 0.6 is 15.9 Å². The van der Waals surface area contributed by atoms with Crippen molar-refractivity contribution >= 4 is 33.4 Å². The molecule has 0 unspecified atom stereocenters. The van der Waals surface area contributed by atoms with Gasteiger partial charge in [-0.15, -0.1) is 5.10 Å². The maximum Gasteiger partial charge on any atom is 0.244 e. The molecule has 18 heavy (non-hydrogen) atoms. The van der Waals surface area contributed by atoms with Gasteiger partial charge in [-0.05, 0) is 34.5 Å². The van der Waals surface area contributed by atoms with Gasteiger partial charge < -0.3 is 10.6 Å². The Morgan fingerprint density at radius 3 is 2.89 bits per heavy atom. The minimum Gasteiger partial charge on any atom is -0.353 e. The molecule has 94 valence electrons. The normalized spacial score (nSPS) is 10.1. The van der Waals surface area contributed by atoms with E-state index in [1.807, 2.05) is 24.3 Å². The number of nitrogens with one attached hydrogen (secondary N) is 2. The van der Waals surface area contributed by atoms with Gasteiger partial charge >= 0.3 is 0 Å². The van der Waals surface area contributed by atoms with Crippen molar-refractivity contribution in [3.63, 3.8) is 0 Å². The monoisotopic (exact) mass is 307 g/mol. The van der Waals surface area contributed by atoms with Gasteiger partial charge in [-0.25, -0.2) is 0 Å². The zero-order valence-corrected chi connectivity index (χ0v) is 11.6. The third kappa shape index (κ3) is 3.40. The van der Waals surface area contributed by atoms with Crippen LogP contribution in [0.1, 0.15) is 13.3 Å². The Hall–Kier alpha value is -1.69. The van der Waals surface area contributed by atoms with Crippen molar-refractivity contribution in [2.45, 2.75) is 13.3 Å². The summed E-state index contributed by atoms with van der Waals surface area (Å²) in [5, 5.41) is 14.1. The summed E-state index contributed by atoms with van der Waals surface area (Å²) in [6, 6.07) is 7.85. The summed E-state index contributed by atoms with van der Waals surface area (Å²) in [5.74, 6) is 1.20. The predicted molar refractivity (Wildman–Crippen MR) is 76.0 cm³/mol. The van der Waals surface area contributed by atoms with Gasteiger partial charge in [-0.2, -0.15) is 10.1 Å². The first-order chi connectivity index (χ1) is 8.79. The molecule has 0 radical (unpaired) electrons. The number of benzene rings is 1. The van der Waals surface area contributed by atoms with Crippen LogP contribution in [0.4, 0.5) is 17.5 Å². The highest BCUT2D eigenvalue weighted by Gasteiger charge is 2.02. The second-order valence-corrected chi connectivity index (χ2v) is 4.55. The molecule has 0 bridgehead atoms. The van der Waals surface area contributed by atoms with Crippen molar-refractivity contribution in [3.05, 3.63) is 34.9 Å². The smallest absolute Gasteiger partial charge is 0.244 e. The Labute approximate surface area is 114 Å². The second kappa shape index (κ2) is 6.30. The minimum atomic E-state index is 0.536.